The maximum atomic E-state index is 12.9. The van der Waals surface area contributed by atoms with Crippen LogP contribution in [0, 0.1) is 6.92 Å². The molecule has 5 heteroatoms. The molecule has 0 unspecified atom stereocenters. The Morgan fingerprint density at radius 3 is 2.96 bits per heavy atom. The molecule has 2 aliphatic rings. The number of rotatable bonds is 2. The molecule has 4 nitrogen and oxygen atoms in total. The van der Waals surface area contributed by atoms with E-state index in [9.17, 15) is 4.79 Å². The van der Waals surface area contributed by atoms with Crippen molar-refractivity contribution in [1.82, 2.24) is 9.88 Å². The number of carbonyl (C=O) groups excluding carboxylic acids is 1. The van der Waals surface area contributed by atoms with Crippen LogP contribution < -0.4 is 0 Å². The summed E-state index contributed by atoms with van der Waals surface area (Å²) in [5.41, 5.74) is 2.86. The summed E-state index contributed by atoms with van der Waals surface area (Å²) >= 11 is 1.54. The lowest BCUT2D eigenvalue weighted by molar-refractivity contribution is -0.0447. The van der Waals surface area contributed by atoms with E-state index in [-0.39, 0.29) is 18.1 Å². The van der Waals surface area contributed by atoms with Crippen LogP contribution in [-0.2, 0) is 4.74 Å². The molecule has 1 saturated carbocycles. The van der Waals surface area contributed by atoms with E-state index in [1.165, 1.54) is 16.9 Å². The third-order valence-electron chi connectivity index (χ3n) is 4.76. The van der Waals surface area contributed by atoms with E-state index in [1.807, 2.05) is 10.3 Å². The maximum absolute atomic E-state index is 12.9. The molecule has 120 valence electrons. The third kappa shape index (κ3) is 2.79. The van der Waals surface area contributed by atoms with Gasteiger partial charge in [-0.25, -0.2) is 4.98 Å². The first kappa shape index (κ1) is 14.8. The molecule has 0 spiro atoms. The van der Waals surface area contributed by atoms with E-state index in [0.717, 1.165) is 29.8 Å². The highest BCUT2D eigenvalue weighted by Crippen LogP contribution is 2.31. The van der Waals surface area contributed by atoms with Crippen LogP contribution in [0.15, 0.2) is 29.6 Å². The molecule has 0 bridgehead atoms. The summed E-state index contributed by atoms with van der Waals surface area (Å²) < 4.78 is 5.79. The molecule has 4 rings (SSSR count). The summed E-state index contributed by atoms with van der Waals surface area (Å²) in [6.07, 6.45) is 3.49. The van der Waals surface area contributed by atoms with Crippen molar-refractivity contribution in [2.24, 2.45) is 0 Å². The van der Waals surface area contributed by atoms with Gasteiger partial charge in [0, 0.05) is 17.5 Å². The van der Waals surface area contributed by atoms with E-state index in [4.69, 9.17) is 4.74 Å². The molecule has 0 radical (unpaired) electrons. The number of ether oxygens (including phenoxy) is 1. The van der Waals surface area contributed by atoms with Crippen molar-refractivity contribution in [3.05, 3.63) is 40.9 Å². The SMILES string of the molecule is Cc1ccc(-c2nc(C(=O)N3CCO[C@@H]4CCC[C@H]43)cs2)cc1. The van der Waals surface area contributed by atoms with Gasteiger partial charge in [0.25, 0.3) is 5.91 Å². The Labute approximate surface area is 140 Å². The molecular formula is C18H20N2O2S. The maximum Gasteiger partial charge on any atom is 0.273 e. The third-order valence-corrected chi connectivity index (χ3v) is 5.66. The Hall–Kier alpha value is -1.72. The Morgan fingerprint density at radius 1 is 1.30 bits per heavy atom. The highest BCUT2D eigenvalue weighted by atomic mass is 32.1. The van der Waals surface area contributed by atoms with Gasteiger partial charge >= 0.3 is 0 Å². The van der Waals surface area contributed by atoms with E-state index >= 15 is 0 Å². The van der Waals surface area contributed by atoms with Crippen LogP contribution in [0.1, 0.15) is 35.3 Å². The zero-order valence-corrected chi connectivity index (χ0v) is 14.0. The van der Waals surface area contributed by atoms with Crippen LogP contribution in [-0.4, -0.2) is 41.1 Å². The molecule has 0 N–H and O–H groups in total. The van der Waals surface area contributed by atoms with Gasteiger partial charge in [0.15, 0.2) is 0 Å². The van der Waals surface area contributed by atoms with Gasteiger partial charge in [-0.1, -0.05) is 29.8 Å². The Balaban J connectivity index is 1.56. The number of aryl methyl sites for hydroxylation is 1. The van der Waals surface area contributed by atoms with Crippen molar-refractivity contribution in [2.45, 2.75) is 38.3 Å². The van der Waals surface area contributed by atoms with Crippen LogP contribution in [0.4, 0.5) is 0 Å². The molecule has 2 heterocycles. The number of fused-ring (bicyclic) bond motifs is 1. The van der Waals surface area contributed by atoms with E-state index < -0.39 is 0 Å². The van der Waals surface area contributed by atoms with Gasteiger partial charge < -0.3 is 9.64 Å². The van der Waals surface area contributed by atoms with Crippen LogP contribution in [0.5, 0.6) is 0 Å². The first-order chi connectivity index (χ1) is 11.2. The lowest BCUT2D eigenvalue weighted by atomic mass is 10.1. The Kier molecular flexibility index (Phi) is 3.91. The van der Waals surface area contributed by atoms with Crippen molar-refractivity contribution in [3.8, 4) is 10.6 Å². The van der Waals surface area contributed by atoms with E-state index in [2.05, 4.69) is 36.2 Å². The molecule has 1 amide bonds. The van der Waals surface area contributed by atoms with Gasteiger partial charge in [-0.3, -0.25) is 4.79 Å². The number of hydrogen-bond donors (Lipinski definition) is 0. The van der Waals surface area contributed by atoms with Gasteiger partial charge in [-0.15, -0.1) is 11.3 Å². The minimum absolute atomic E-state index is 0.0554. The number of nitrogens with zero attached hydrogens (tertiary/aromatic N) is 2. The number of morpholine rings is 1. The first-order valence-electron chi connectivity index (χ1n) is 8.17. The number of thiazole rings is 1. The van der Waals surface area contributed by atoms with Crippen molar-refractivity contribution in [3.63, 3.8) is 0 Å². The molecule has 23 heavy (non-hydrogen) atoms. The summed E-state index contributed by atoms with van der Waals surface area (Å²) in [7, 11) is 0. The molecule has 1 aliphatic heterocycles. The number of aromatic nitrogens is 1. The largest absolute Gasteiger partial charge is 0.374 e. The predicted molar refractivity (Wildman–Crippen MR) is 90.7 cm³/mol. The minimum atomic E-state index is 0.0554. The highest BCUT2D eigenvalue weighted by Gasteiger charge is 2.39. The zero-order valence-electron chi connectivity index (χ0n) is 13.2. The van der Waals surface area contributed by atoms with Gasteiger partial charge in [0.1, 0.15) is 10.7 Å². The smallest absolute Gasteiger partial charge is 0.273 e. The molecule has 2 atom stereocenters. The number of hydrogen-bond acceptors (Lipinski definition) is 4. The number of benzene rings is 1. The Morgan fingerprint density at radius 2 is 2.13 bits per heavy atom. The molecule has 1 aromatic carbocycles. The fourth-order valence-corrected chi connectivity index (χ4v) is 4.33. The standard InChI is InChI=1S/C18H20N2O2S/c1-12-5-7-13(8-6-12)17-19-14(11-23-17)18(21)20-9-10-22-16-4-2-3-15(16)20/h5-8,11,15-16H,2-4,9-10H2,1H3/t15-,16-/m1/s1. The molecular weight excluding hydrogens is 308 g/mol. The average Bonchev–Trinajstić information content (AvgIpc) is 3.23. The summed E-state index contributed by atoms with van der Waals surface area (Å²) in [5, 5.41) is 2.79. The summed E-state index contributed by atoms with van der Waals surface area (Å²) in [6.45, 7) is 3.39. The second-order valence-electron chi connectivity index (χ2n) is 6.31. The highest BCUT2D eigenvalue weighted by molar-refractivity contribution is 7.13. The van der Waals surface area contributed by atoms with Crippen molar-refractivity contribution in [2.75, 3.05) is 13.2 Å². The van der Waals surface area contributed by atoms with Crippen LogP contribution >= 0.6 is 11.3 Å². The minimum Gasteiger partial charge on any atom is -0.374 e. The Bertz CT molecular complexity index is 710. The molecule has 1 aliphatic carbocycles. The number of carbonyl (C=O) groups is 1. The van der Waals surface area contributed by atoms with E-state index in [1.54, 1.807) is 0 Å². The monoisotopic (exact) mass is 328 g/mol. The van der Waals surface area contributed by atoms with Gasteiger partial charge in [0.2, 0.25) is 0 Å². The van der Waals surface area contributed by atoms with Gasteiger partial charge in [0.05, 0.1) is 18.8 Å². The fraction of sp³-hybridized carbons (Fsp3) is 0.444. The summed E-state index contributed by atoms with van der Waals surface area (Å²) in [4.78, 5) is 19.4. The molecule has 2 fully saturated rings. The fourth-order valence-electron chi connectivity index (χ4n) is 3.53. The zero-order chi connectivity index (χ0) is 15.8. The van der Waals surface area contributed by atoms with E-state index in [0.29, 0.717) is 18.8 Å². The molecule has 1 saturated heterocycles. The average molecular weight is 328 g/mol. The summed E-state index contributed by atoms with van der Waals surface area (Å²) in [6, 6.07) is 8.50. The quantitative estimate of drug-likeness (QED) is 0.847. The lowest BCUT2D eigenvalue weighted by Gasteiger charge is -2.37. The lowest BCUT2D eigenvalue weighted by Crippen LogP contribution is -2.51. The number of amides is 1. The normalized spacial score (nSPS) is 23.8. The van der Waals surface area contributed by atoms with Crippen molar-refractivity contribution < 1.29 is 9.53 Å². The second kappa shape index (κ2) is 6.06. The predicted octanol–water partition coefficient (Wildman–Crippen LogP) is 3.51. The van der Waals surface area contributed by atoms with Crippen LogP contribution in [0.2, 0.25) is 0 Å². The van der Waals surface area contributed by atoms with Crippen molar-refractivity contribution in [1.29, 1.82) is 0 Å². The van der Waals surface area contributed by atoms with Crippen LogP contribution in [0.3, 0.4) is 0 Å². The first-order valence-corrected chi connectivity index (χ1v) is 9.05. The molecule has 2 aromatic rings. The topological polar surface area (TPSA) is 42.4 Å². The van der Waals surface area contributed by atoms with Crippen LogP contribution in [0.25, 0.3) is 10.6 Å². The van der Waals surface area contributed by atoms with Gasteiger partial charge in [-0.05, 0) is 26.2 Å². The van der Waals surface area contributed by atoms with Gasteiger partial charge in [-0.2, -0.15) is 0 Å². The second-order valence-corrected chi connectivity index (χ2v) is 7.17. The summed E-state index contributed by atoms with van der Waals surface area (Å²) in [5.74, 6) is 0.0554. The molecule has 1 aromatic heterocycles. The van der Waals surface area contributed by atoms with Crippen molar-refractivity contribution >= 4 is 17.2 Å².